The number of amides is 1. The number of thioether (sulfide) groups is 1. The third-order valence-corrected chi connectivity index (χ3v) is 4.96. The molecule has 1 aromatic heterocycles. The Bertz CT molecular complexity index is 619. The second kappa shape index (κ2) is 5.75. The van der Waals surface area contributed by atoms with E-state index in [1.165, 1.54) is 25.0 Å². The summed E-state index contributed by atoms with van der Waals surface area (Å²) in [4.78, 5) is 12.2. The van der Waals surface area contributed by atoms with E-state index < -0.39 is 0 Å². The molecule has 1 aliphatic heterocycles. The van der Waals surface area contributed by atoms with E-state index in [1.807, 2.05) is 17.8 Å². The number of hydrogen-bond acceptors (Lipinski definition) is 4. The molecule has 0 aliphatic carbocycles. The van der Waals surface area contributed by atoms with Crippen LogP contribution in [0.15, 0.2) is 18.2 Å². The third kappa shape index (κ3) is 2.75. The number of nitrogen functional groups attached to an aromatic ring is 1. The zero-order valence-corrected chi connectivity index (χ0v) is 12.0. The van der Waals surface area contributed by atoms with Gasteiger partial charge in [0.1, 0.15) is 0 Å². The average Bonchev–Trinajstić information content (AvgIpc) is 2.89. The van der Waals surface area contributed by atoms with Crippen molar-refractivity contribution in [2.24, 2.45) is 0 Å². The predicted molar refractivity (Wildman–Crippen MR) is 82.9 cm³/mol. The van der Waals surface area contributed by atoms with Crippen LogP contribution in [-0.2, 0) is 0 Å². The number of carbonyl (C=O) groups excluding carboxylic acids is 1. The molecule has 6 heteroatoms. The molecule has 2 heterocycles. The van der Waals surface area contributed by atoms with Gasteiger partial charge >= 0.3 is 0 Å². The van der Waals surface area contributed by atoms with Crippen LogP contribution in [0.4, 0.5) is 5.69 Å². The number of aromatic amines is 1. The van der Waals surface area contributed by atoms with E-state index in [0.717, 1.165) is 10.9 Å². The van der Waals surface area contributed by atoms with Crippen LogP contribution in [0.2, 0.25) is 0 Å². The average molecular weight is 290 g/mol. The van der Waals surface area contributed by atoms with Gasteiger partial charge in [-0.2, -0.15) is 16.9 Å². The molecule has 20 heavy (non-hydrogen) atoms. The van der Waals surface area contributed by atoms with Gasteiger partial charge in [-0.05, 0) is 36.8 Å². The van der Waals surface area contributed by atoms with Crippen LogP contribution >= 0.6 is 11.8 Å². The molecule has 1 aromatic carbocycles. The lowest BCUT2D eigenvalue weighted by atomic mass is 10.1. The highest BCUT2D eigenvalue weighted by Gasteiger charge is 2.18. The molecule has 4 N–H and O–H groups in total. The lowest BCUT2D eigenvalue weighted by Gasteiger charge is -2.21. The fourth-order valence-corrected chi connectivity index (χ4v) is 3.70. The van der Waals surface area contributed by atoms with Gasteiger partial charge in [0, 0.05) is 22.9 Å². The summed E-state index contributed by atoms with van der Waals surface area (Å²) in [6, 6.07) is 5.41. The van der Waals surface area contributed by atoms with Crippen LogP contribution in [0.3, 0.4) is 0 Å². The minimum Gasteiger partial charge on any atom is -0.399 e. The van der Waals surface area contributed by atoms with Gasteiger partial charge in [0.25, 0.3) is 5.91 Å². The van der Waals surface area contributed by atoms with E-state index >= 15 is 0 Å². The Morgan fingerprint density at radius 2 is 2.40 bits per heavy atom. The minimum atomic E-state index is -0.131. The Kier molecular flexibility index (Phi) is 3.82. The van der Waals surface area contributed by atoms with Gasteiger partial charge in [-0.25, -0.2) is 0 Å². The predicted octanol–water partition coefficient (Wildman–Crippen LogP) is 2.16. The number of carbonyl (C=O) groups is 1. The first-order chi connectivity index (χ1) is 9.74. The van der Waals surface area contributed by atoms with E-state index in [1.54, 1.807) is 12.1 Å². The summed E-state index contributed by atoms with van der Waals surface area (Å²) >= 11 is 1.95. The van der Waals surface area contributed by atoms with E-state index in [0.29, 0.717) is 23.2 Å². The van der Waals surface area contributed by atoms with Crippen molar-refractivity contribution in [2.45, 2.75) is 24.5 Å². The minimum absolute atomic E-state index is 0.131. The molecule has 0 bridgehead atoms. The van der Waals surface area contributed by atoms with Gasteiger partial charge in [0.15, 0.2) is 5.69 Å². The molecule has 0 radical (unpaired) electrons. The SMILES string of the molecule is Nc1ccc2[nH]nc(C(=O)NCC3CCCCS3)c2c1. The molecular weight excluding hydrogens is 272 g/mol. The molecule has 1 unspecified atom stereocenters. The van der Waals surface area contributed by atoms with E-state index in [4.69, 9.17) is 5.73 Å². The lowest BCUT2D eigenvalue weighted by Crippen LogP contribution is -2.32. The summed E-state index contributed by atoms with van der Waals surface area (Å²) in [5, 5.41) is 11.3. The molecule has 1 fully saturated rings. The lowest BCUT2D eigenvalue weighted by molar-refractivity contribution is 0.0950. The topological polar surface area (TPSA) is 83.8 Å². The van der Waals surface area contributed by atoms with Gasteiger partial charge in [0.2, 0.25) is 0 Å². The van der Waals surface area contributed by atoms with E-state index in [-0.39, 0.29) is 5.91 Å². The third-order valence-electron chi connectivity index (χ3n) is 3.57. The van der Waals surface area contributed by atoms with Crippen LogP contribution in [0.25, 0.3) is 10.9 Å². The zero-order valence-electron chi connectivity index (χ0n) is 11.2. The molecule has 0 saturated carbocycles. The number of aromatic nitrogens is 2. The van der Waals surface area contributed by atoms with Crippen LogP contribution in [-0.4, -0.2) is 33.7 Å². The first kappa shape index (κ1) is 13.3. The molecule has 1 saturated heterocycles. The molecule has 1 aliphatic rings. The summed E-state index contributed by atoms with van der Waals surface area (Å²) in [6.45, 7) is 0.709. The number of nitrogens with one attached hydrogen (secondary N) is 2. The maximum Gasteiger partial charge on any atom is 0.272 e. The fraction of sp³-hybridized carbons (Fsp3) is 0.429. The number of rotatable bonds is 3. The Labute approximate surface area is 121 Å². The van der Waals surface area contributed by atoms with Crippen LogP contribution in [0.5, 0.6) is 0 Å². The molecule has 5 nitrogen and oxygen atoms in total. The van der Waals surface area contributed by atoms with E-state index in [2.05, 4.69) is 15.5 Å². The molecule has 1 atom stereocenters. The highest BCUT2D eigenvalue weighted by Crippen LogP contribution is 2.24. The Morgan fingerprint density at radius 1 is 1.50 bits per heavy atom. The zero-order chi connectivity index (χ0) is 13.9. The second-order valence-electron chi connectivity index (χ2n) is 5.08. The van der Waals surface area contributed by atoms with Crippen LogP contribution in [0.1, 0.15) is 29.8 Å². The van der Waals surface area contributed by atoms with Gasteiger partial charge in [-0.1, -0.05) is 6.42 Å². The largest absolute Gasteiger partial charge is 0.399 e. The summed E-state index contributed by atoms with van der Waals surface area (Å²) in [5.74, 6) is 1.07. The summed E-state index contributed by atoms with van der Waals surface area (Å²) in [5.41, 5.74) is 7.66. The normalized spacial score (nSPS) is 19.1. The number of fused-ring (bicyclic) bond motifs is 1. The van der Waals surface area contributed by atoms with Crippen molar-refractivity contribution in [1.82, 2.24) is 15.5 Å². The van der Waals surface area contributed by atoms with Crippen LogP contribution < -0.4 is 11.1 Å². The van der Waals surface area contributed by atoms with Crippen molar-refractivity contribution in [2.75, 3.05) is 18.0 Å². The number of nitrogens with two attached hydrogens (primary N) is 1. The summed E-state index contributed by atoms with van der Waals surface area (Å²) in [7, 11) is 0. The quantitative estimate of drug-likeness (QED) is 0.756. The maximum absolute atomic E-state index is 12.2. The number of H-pyrrole nitrogens is 1. The number of anilines is 1. The molecule has 1 amide bonds. The summed E-state index contributed by atoms with van der Waals surface area (Å²) < 4.78 is 0. The number of nitrogens with zero attached hydrogens (tertiary/aromatic N) is 1. The fourth-order valence-electron chi connectivity index (χ4n) is 2.46. The van der Waals surface area contributed by atoms with Crippen molar-refractivity contribution < 1.29 is 4.79 Å². The van der Waals surface area contributed by atoms with Crippen molar-refractivity contribution in [1.29, 1.82) is 0 Å². The van der Waals surface area contributed by atoms with Crippen LogP contribution in [0, 0.1) is 0 Å². The summed E-state index contributed by atoms with van der Waals surface area (Å²) in [6.07, 6.45) is 3.73. The van der Waals surface area contributed by atoms with Crippen molar-refractivity contribution in [3.05, 3.63) is 23.9 Å². The second-order valence-corrected chi connectivity index (χ2v) is 6.48. The van der Waals surface area contributed by atoms with Gasteiger partial charge in [-0.15, -0.1) is 0 Å². The highest BCUT2D eigenvalue weighted by molar-refractivity contribution is 7.99. The highest BCUT2D eigenvalue weighted by atomic mass is 32.2. The van der Waals surface area contributed by atoms with Gasteiger partial charge < -0.3 is 11.1 Å². The maximum atomic E-state index is 12.2. The van der Waals surface area contributed by atoms with Gasteiger partial charge in [-0.3, -0.25) is 9.89 Å². The Morgan fingerprint density at radius 3 is 3.20 bits per heavy atom. The number of benzene rings is 1. The molecule has 106 valence electrons. The molecule has 2 aromatic rings. The Balaban J connectivity index is 1.70. The van der Waals surface area contributed by atoms with E-state index in [9.17, 15) is 4.79 Å². The first-order valence-electron chi connectivity index (χ1n) is 6.87. The molecular formula is C14H18N4OS. The first-order valence-corrected chi connectivity index (χ1v) is 7.92. The molecule has 3 rings (SSSR count). The Hall–Kier alpha value is -1.69. The molecule has 0 spiro atoms. The monoisotopic (exact) mass is 290 g/mol. The van der Waals surface area contributed by atoms with Crippen molar-refractivity contribution in [3.63, 3.8) is 0 Å². The van der Waals surface area contributed by atoms with Crippen molar-refractivity contribution in [3.8, 4) is 0 Å². The van der Waals surface area contributed by atoms with Crippen molar-refractivity contribution >= 4 is 34.3 Å². The smallest absolute Gasteiger partial charge is 0.272 e. The standard InChI is InChI=1S/C14H18N4OS/c15-9-4-5-12-11(7-9)13(18-17-12)14(19)16-8-10-3-1-2-6-20-10/h4-5,7,10H,1-3,6,8,15H2,(H,16,19)(H,17,18). The van der Waals surface area contributed by atoms with Gasteiger partial charge in [0.05, 0.1) is 5.52 Å². The number of hydrogen-bond donors (Lipinski definition) is 3.